The fourth-order valence-corrected chi connectivity index (χ4v) is 2.20. The monoisotopic (exact) mass is 309 g/mol. The molecule has 0 spiro atoms. The second-order valence-electron chi connectivity index (χ2n) is 5.34. The van der Waals surface area contributed by atoms with Crippen LogP contribution >= 0.6 is 0 Å². The Morgan fingerprint density at radius 1 is 1.09 bits per heavy atom. The van der Waals surface area contributed by atoms with Crippen LogP contribution in [-0.4, -0.2) is 20.2 Å². The summed E-state index contributed by atoms with van der Waals surface area (Å²) in [5.74, 6) is 1.50. The number of aryl methyl sites for hydroxylation is 2. The van der Waals surface area contributed by atoms with Crippen LogP contribution in [0.1, 0.15) is 16.7 Å². The zero-order valence-electron chi connectivity index (χ0n) is 13.2. The van der Waals surface area contributed by atoms with E-state index < -0.39 is 0 Å². The summed E-state index contributed by atoms with van der Waals surface area (Å²) in [4.78, 5) is 0. The summed E-state index contributed by atoms with van der Waals surface area (Å²) in [5.41, 5.74) is 3.58. The molecule has 0 bridgehead atoms. The van der Waals surface area contributed by atoms with Crippen molar-refractivity contribution in [3.63, 3.8) is 0 Å². The van der Waals surface area contributed by atoms with Gasteiger partial charge in [-0.3, -0.25) is 0 Å². The van der Waals surface area contributed by atoms with Crippen molar-refractivity contribution >= 4 is 5.95 Å². The molecule has 0 saturated heterocycles. The Hall–Kier alpha value is -2.89. The molecule has 1 heterocycles. The molecule has 0 atom stereocenters. The number of tetrazole rings is 1. The van der Waals surface area contributed by atoms with Crippen molar-refractivity contribution in [3.05, 3.63) is 65.2 Å². The molecule has 0 aliphatic heterocycles. The Balaban J connectivity index is 1.55. The Bertz CT molecular complexity index is 767. The SMILES string of the molecule is Cc1ccccc1COc1ccc(CNc2nnnn2C)cc1. The van der Waals surface area contributed by atoms with Crippen LogP contribution in [0.2, 0.25) is 0 Å². The van der Waals surface area contributed by atoms with E-state index >= 15 is 0 Å². The molecule has 3 rings (SSSR count). The van der Waals surface area contributed by atoms with Crippen LogP contribution in [0.25, 0.3) is 0 Å². The lowest BCUT2D eigenvalue weighted by atomic mass is 10.1. The van der Waals surface area contributed by atoms with E-state index in [1.54, 1.807) is 11.7 Å². The minimum atomic E-state index is 0.578. The number of ether oxygens (including phenoxy) is 1. The molecule has 1 N–H and O–H groups in total. The first-order valence-corrected chi connectivity index (χ1v) is 7.45. The second-order valence-corrected chi connectivity index (χ2v) is 5.34. The quantitative estimate of drug-likeness (QED) is 0.758. The van der Waals surface area contributed by atoms with Gasteiger partial charge in [0.1, 0.15) is 12.4 Å². The Labute approximate surface area is 135 Å². The lowest BCUT2D eigenvalue weighted by Gasteiger charge is -2.09. The molecule has 0 saturated carbocycles. The van der Waals surface area contributed by atoms with Gasteiger partial charge in [0.15, 0.2) is 0 Å². The highest BCUT2D eigenvalue weighted by Crippen LogP contribution is 2.16. The zero-order valence-corrected chi connectivity index (χ0v) is 13.2. The molecule has 3 aromatic rings. The number of aromatic nitrogens is 4. The topological polar surface area (TPSA) is 64.9 Å². The van der Waals surface area contributed by atoms with E-state index in [0.29, 0.717) is 19.1 Å². The smallest absolute Gasteiger partial charge is 0.242 e. The van der Waals surface area contributed by atoms with Crippen LogP contribution in [-0.2, 0) is 20.2 Å². The summed E-state index contributed by atoms with van der Waals surface area (Å²) < 4.78 is 7.44. The number of hydrogen-bond donors (Lipinski definition) is 1. The van der Waals surface area contributed by atoms with Gasteiger partial charge in [0.05, 0.1) is 0 Å². The van der Waals surface area contributed by atoms with Crippen LogP contribution in [0, 0.1) is 6.92 Å². The van der Waals surface area contributed by atoms with Crippen molar-refractivity contribution in [2.75, 3.05) is 5.32 Å². The Morgan fingerprint density at radius 2 is 1.87 bits per heavy atom. The van der Waals surface area contributed by atoms with Gasteiger partial charge < -0.3 is 10.1 Å². The third-order valence-electron chi connectivity index (χ3n) is 3.65. The molecule has 0 fully saturated rings. The van der Waals surface area contributed by atoms with Crippen molar-refractivity contribution < 1.29 is 4.74 Å². The highest BCUT2D eigenvalue weighted by Gasteiger charge is 2.02. The minimum absolute atomic E-state index is 0.578. The molecule has 0 aliphatic carbocycles. The molecule has 1 aromatic heterocycles. The first kappa shape index (κ1) is 15.0. The molecular formula is C17H19N5O. The molecule has 118 valence electrons. The van der Waals surface area contributed by atoms with E-state index in [-0.39, 0.29) is 0 Å². The summed E-state index contributed by atoms with van der Waals surface area (Å²) in [6, 6.07) is 16.3. The zero-order chi connectivity index (χ0) is 16.1. The maximum Gasteiger partial charge on any atom is 0.242 e. The van der Waals surface area contributed by atoms with Crippen LogP contribution in [0.15, 0.2) is 48.5 Å². The van der Waals surface area contributed by atoms with E-state index in [1.165, 1.54) is 11.1 Å². The molecule has 6 nitrogen and oxygen atoms in total. The third kappa shape index (κ3) is 3.85. The molecular weight excluding hydrogens is 290 g/mol. The van der Waals surface area contributed by atoms with Crippen molar-refractivity contribution in [1.29, 1.82) is 0 Å². The predicted molar refractivity (Wildman–Crippen MR) is 88.1 cm³/mol. The van der Waals surface area contributed by atoms with Crippen LogP contribution < -0.4 is 10.1 Å². The lowest BCUT2D eigenvalue weighted by molar-refractivity contribution is 0.305. The highest BCUT2D eigenvalue weighted by molar-refractivity contribution is 5.31. The average Bonchev–Trinajstić information content (AvgIpc) is 2.98. The van der Waals surface area contributed by atoms with E-state index in [2.05, 4.69) is 39.9 Å². The summed E-state index contributed by atoms with van der Waals surface area (Å²) >= 11 is 0. The van der Waals surface area contributed by atoms with Crippen LogP contribution in [0.4, 0.5) is 5.95 Å². The Kier molecular flexibility index (Phi) is 4.52. The van der Waals surface area contributed by atoms with Crippen molar-refractivity contribution in [3.8, 4) is 5.75 Å². The number of nitrogens with one attached hydrogen (secondary N) is 1. The van der Waals surface area contributed by atoms with Gasteiger partial charge in [-0.25, -0.2) is 4.68 Å². The van der Waals surface area contributed by atoms with Crippen molar-refractivity contribution in [2.24, 2.45) is 7.05 Å². The molecule has 0 amide bonds. The molecule has 0 unspecified atom stereocenters. The number of benzene rings is 2. The van der Waals surface area contributed by atoms with E-state index in [4.69, 9.17) is 4.74 Å². The minimum Gasteiger partial charge on any atom is -0.489 e. The van der Waals surface area contributed by atoms with Gasteiger partial charge in [0.2, 0.25) is 5.95 Å². The largest absolute Gasteiger partial charge is 0.489 e. The third-order valence-corrected chi connectivity index (χ3v) is 3.65. The fourth-order valence-electron chi connectivity index (χ4n) is 2.20. The molecule has 0 radical (unpaired) electrons. The van der Waals surface area contributed by atoms with E-state index in [1.807, 2.05) is 36.4 Å². The summed E-state index contributed by atoms with van der Waals surface area (Å²) in [5, 5.41) is 14.4. The maximum atomic E-state index is 5.84. The second kappa shape index (κ2) is 6.91. The molecule has 6 heteroatoms. The summed E-state index contributed by atoms with van der Waals surface area (Å²) in [6.45, 7) is 3.33. The van der Waals surface area contributed by atoms with E-state index in [0.717, 1.165) is 11.3 Å². The lowest BCUT2D eigenvalue weighted by Crippen LogP contribution is -2.05. The average molecular weight is 309 g/mol. The number of hydrogen-bond acceptors (Lipinski definition) is 5. The maximum absolute atomic E-state index is 5.84. The number of rotatable bonds is 6. The predicted octanol–water partition coefficient (Wildman–Crippen LogP) is 2.71. The number of nitrogens with zero attached hydrogens (tertiary/aromatic N) is 4. The standard InChI is InChI=1S/C17H19N5O/c1-13-5-3-4-6-15(13)12-23-16-9-7-14(8-10-16)11-18-17-19-20-21-22(17)2/h3-10H,11-12H2,1-2H3,(H,18,19,21). The summed E-state index contributed by atoms with van der Waals surface area (Å²) in [7, 11) is 1.80. The first-order chi connectivity index (χ1) is 11.2. The van der Waals surface area contributed by atoms with Crippen LogP contribution in [0.5, 0.6) is 5.75 Å². The van der Waals surface area contributed by atoms with Gasteiger partial charge in [0.25, 0.3) is 0 Å². The van der Waals surface area contributed by atoms with Gasteiger partial charge >= 0.3 is 0 Å². The van der Waals surface area contributed by atoms with Gasteiger partial charge in [-0.2, -0.15) is 0 Å². The first-order valence-electron chi connectivity index (χ1n) is 7.45. The van der Waals surface area contributed by atoms with Gasteiger partial charge in [-0.15, -0.1) is 0 Å². The van der Waals surface area contributed by atoms with Crippen molar-refractivity contribution in [1.82, 2.24) is 20.2 Å². The normalized spacial score (nSPS) is 10.5. The number of anilines is 1. The molecule has 2 aromatic carbocycles. The van der Waals surface area contributed by atoms with E-state index in [9.17, 15) is 0 Å². The molecule has 0 aliphatic rings. The van der Waals surface area contributed by atoms with Gasteiger partial charge in [-0.05, 0) is 46.2 Å². The Morgan fingerprint density at radius 3 is 2.57 bits per heavy atom. The van der Waals surface area contributed by atoms with Gasteiger partial charge in [0, 0.05) is 13.6 Å². The highest BCUT2D eigenvalue weighted by atomic mass is 16.5. The summed E-state index contributed by atoms with van der Waals surface area (Å²) in [6.07, 6.45) is 0. The van der Waals surface area contributed by atoms with Gasteiger partial charge in [-0.1, -0.05) is 41.5 Å². The molecule has 23 heavy (non-hydrogen) atoms. The van der Waals surface area contributed by atoms with Crippen molar-refractivity contribution in [2.45, 2.75) is 20.1 Å². The van der Waals surface area contributed by atoms with Crippen LogP contribution in [0.3, 0.4) is 0 Å². The fraction of sp³-hybridized carbons (Fsp3) is 0.235.